The van der Waals surface area contributed by atoms with Crippen molar-refractivity contribution < 1.29 is 9.59 Å². The Kier molecular flexibility index (Phi) is 4.37. The first kappa shape index (κ1) is 17.3. The van der Waals surface area contributed by atoms with Gasteiger partial charge in [0.25, 0.3) is 11.5 Å². The number of piperidine rings is 1. The fraction of sp³-hybridized carbons (Fsp3) is 0.650. The second-order valence-electron chi connectivity index (χ2n) is 8.02. The highest BCUT2D eigenvalue weighted by atomic mass is 16.2. The van der Waals surface area contributed by atoms with Crippen LogP contribution in [-0.2, 0) is 17.6 Å². The fourth-order valence-corrected chi connectivity index (χ4v) is 4.90. The lowest BCUT2D eigenvalue weighted by atomic mass is 9.78. The maximum Gasteiger partial charge on any atom is 0.261 e. The van der Waals surface area contributed by atoms with Gasteiger partial charge in [0.2, 0.25) is 5.91 Å². The SMILES string of the molecule is CCCN1CCC[C@@]2(CCN(C(=O)c3cc4c([nH]c3=O)CCC4)C2)C1=O. The zero-order valence-corrected chi connectivity index (χ0v) is 15.5. The van der Waals surface area contributed by atoms with Crippen LogP contribution in [0.15, 0.2) is 10.9 Å². The van der Waals surface area contributed by atoms with Crippen LogP contribution in [0, 0.1) is 5.41 Å². The minimum absolute atomic E-state index is 0.198. The average molecular weight is 357 g/mol. The first-order valence-corrected chi connectivity index (χ1v) is 9.88. The molecule has 6 heteroatoms. The minimum Gasteiger partial charge on any atom is -0.342 e. The van der Waals surface area contributed by atoms with E-state index < -0.39 is 5.41 Å². The molecule has 4 rings (SSSR count). The Labute approximate surface area is 153 Å². The number of amides is 2. The van der Waals surface area contributed by atoms with E-state index in [1.165, 1.54) is 0 Å². The van der Waals surface area contributed by atoms with Gasteiger partial charge in [0.05, 0.1) is 5.41 Å². The highest BCUT2D eigenvalue weighted by molar-refractivity contribution is 5.95. The molecule has 26 heavy (non-hydrogen) atoms. The van der Waals surface area contributed by atoms with Crippen LogP contribution in [0.4, 0.5) is 0 Å². The predicted octanol–water partition coefficient (Wildman–Crippen LogP) is 1.73. The molecule has 0 unspecified atom stereocenters. The van der Waals surface area contributed by atoms with Crippen LogP contribution in [-0.4, -0.2) is 52.8 Å². The van der Waals surface area contributed by atoms with E-state index in [9.17, 15) is 14.4 Å². The molecule has 0 bridgehead atoms. The second-order valence-corrected chi connectivity index (χ2v) is 8.02. The molecule has 140 valence electrons. The third kappa shape index (κ3) is 2.75. The Bertz CT molecular complexity index is 798. The van der Waals surface area contributed by atoms with Crippen molar-refractivity contribution >= 4 is 11.8 Å². The first-order chi connectivity index (χ1) is 12.5. The summed E-state index contributed by atoms with van der Waals surface area (Å²) < 4.78 is 0. The molecule has 1 spiro atoms. The smallest absolute Gasteiger partial charge is 0.261 e. The van der Waals surface area contributed by atoms with Gasteiger partial charge in [0.15, 0.2) is 0 Å². The summed E-state index contributed by atoms with van der Waals surface area (Å²) in [6.45, 7) is 4.70. The molecule has 3 heterocycles. The maximum atomic E-state index is 13.0. The molecule has 3 aliphatic rings. The summed E-state index contributed by atoms with van der Waals surface area (Å²) in [7, 11) is 0. The lowest BCUT2D eigenvalue weighted by Gasteiger charge is -2.39. The molecule has 1 N–H and O–H groups in total. The highest BCUT2D eigenvalue weighted by Crippen LogP contribution is 2.40. The molecular weight excluding hydrogens is 330 g/mol. The van der Waals surface area contributed by atoms with E-state index in [0.29, 0.717) is 19.5 Å². The van der Waals surface area contributed by atoms with Crippen molar-refractivity contribution in [2.24, 2.45) is 5.41 Å². The van der Waals surface area contributed by atoms with Crippen LogP contribution in [0.2, 0.25) is 0 Å². The van der Waals surface area contributed by atoms with E-state index in [-0.39, 0.29) is 22.9 Å². The van der Waals surface area contributed by atoms with Gasteiger partial charge in [-0.25, -0.2) is 0 Å². The van der Waals surface area contributed by atoms with Gasteiger partial charge >= 0.3 is 0 Å². The average Bonchev–Trinajstić information content (AvgIpc) is 3.25. The van der Waals surface area contributed by atoms with Crippen molar-refractivity contribution in [3.05, 3.63) is 33.2 Å². The van der Waals surface area contributed by atoms with Crippen LogP contribution in [0.5, 0.6) is 0 Å². The number of hydrogen-bond donors (Lipinski definition) is 1. The molecule has 2 aliphatic heterocycles. The number of H-pyrrole nitrogens is 1. The number of nitrogens with zero attached hydrogens (tertiary/aromatic N) is 2. The molecule has 0 aromatic carbocycles. The van der Waals surface area contributed by atoms with Crippen LogP contribution >= 0.6 is 0 Å². The molecule has 0 radical (unpaired) electrons. The number of aromatic nitrogens is 1. The van der Waals surface area contributed by atoms with Crippen molar-refractivity contribution in [2.45, 2.75) is 51.9 Å². The summed E-state index contributed by atoms with van der Waals surface area (Å²) in [5.41, 5.74) is 1.56. The lowest BCUT2D eigenvalue weighted by molar-refractivity contribution is -0.145. The summed E-state index contributed by atoms with van der Waals surface area (Å²) in [5.74, 6) is -0.0259. The number of likely N-dealkylation sites (tertiary alicyclic amines) is 2. The Balaban J connectivity index is 1.55. The third-order valence-electron chi connectivity index (χ3n) is 6.28. The number of carbonyl (C=O) groups is 2. The third-order valence-corrected chi connectivity index (χ3v) is 6.28. The summed E-state index contributed by atoms with van der Waals surface area (Å²) in [5, 5.41) is 0. The van der Waals surface area contributed by atoms with Crippen LogP contribution in [0.1, 0.15) is 60.6 Å². The summed E-state index contributed by atoms with van der Waals surface area (Å²) in [6, 6.07) is 1.78. The largest absolute Gasteiger partial charge is 0.342 e. The number of aryl methyl sites for hydroxylation is 2. The molecule has 1 aliphatic carbocycles. The van der Waals surface area contributed by atoms with Gasteiger partial charge in [0.1, 0.15) is 5.56 Å². The van der Waals surface area contributed by atoms with E-state index in [2.05, 4.69) is 11.9 Å². The number of pyridine rings is 1. The van der Waals surface area contributed by atoms with E-state index in [1.807, 2.05) is 4.90 Å². The van der Waals surface area contributed by atoms with Crippen molar-refractivity contribution in [1.82, 2.24) is 14.8 Å². The molecule has 1 aromatic heterocycles. The predicted molar refractivity (Wildman–Crippen MR) is 98.1 cm³/mol. The Morgan fingerprint density at radius 1 is 1.19 bits per heavy atom. The fourth-order valence-electron chi connectivity index (χ4n) is 4.90. The van der Waals surface area contributed by atoms with E-state index >= 15 is 0 Å². The van der Waals surface area contributed by atoms with Crippen LogP contribution in [0.3, 0.4) is 0 Å². The number of nitrogens with one attached hydrogen (secondary N) is 1. The quantitative estimate of drug-likeness (QED) is 0.895. The van der Waals surface area contributed by atoms with Crippen LogP contribution in [0.25, 0.3) is 0 Å². The van der Waals surface area contributed by atoms with Crippen molar-refractivity contribution in [2.75, 3.05) is 26.2 Å². The maximum absolute atomic E-state index is 13.0. The van der Waals surface area contributed by atoms with Gasteiger partial charge in [-0.3, -0.25) is 14.4 Å². The standard InChI is InChI=1S/C20H27N3O3/c1-2-9-22-10-4-7-20(19(22)26)8-11-23(13-20)18(25)15-12-14-5-3-6-16(14)21-17(15)24/h12H,2-11,13H2,1H3,(H,21,24)/t20-/m0/s1. The Morgan fingerprint density at radius 2 is 2.04 bits per heavy atom. The number of rotatable bonds is 3. The van der Waals surface area contributed by atoms with Gasteiger partial charge in [0, 0.05) is 31.9 Å². The Hall–Kier alpha value is -2.11. The molecule has 2 amide bonds. The van der Waals surface area contributed by atoms with Crippen molar-refractivity contribution in [3.8, 4) is 0 Å². The zero-order chi connectivity index (χ0) is 18.3. The van der Waals surface area contributed by atoms with Crippen molar-refractivity contribution in [3.63, 3.8) is 0 Å². The van der Waals surface area contributed by atoms with Gasteiger partial charge in [-0.05, 0) is 56.6 Å². The lowest BCUT2D eigenvalue weighted by Crippen LogP contribution is -2.50. The number of hydrogen-bond acceptors (Lipinski definition) is 3. The molecule has 6 nitrogen and oxygen atoms in total. The molecule has 2 saturated heterocycles. The number of fused-ring (bicyclic) bond motifs is 1. The molecule has 2 fully saturated rings. The first-order valence-electron chi connectivity index (χ1n) is 9.88. The van der Waals surface area contributed by atoms with Gasteiger partial charge in [-0.1, -0.05) is 6.92 Å². The van der Waals surface area contributed by atoms with Crippen LogP contribution < -0.4 is 5.56 Å². The summed E-state index contributed by atoms with van der Waals surface area (Å²) >= 11 is 0. The van der Waals surface area contributed by atoms with E-state index in [0.717, 1.165) is 62.9 Å². The molecule has 1 aromatic rings. The monoisotopic (exact) mass is 357 g/mol. The number of carbonyl (C=O) groups excluding carboxylic acids is 2. The van der Waals surface area contributed by atoms with Gasteiger partial charge < -0.3 is 14.8 Å². The molecule has 1 atom stereocenters. The zero-order valence-electron chi connectivity index (χ0n) is 15.5. The normalized spacial score (nSPS) is 25.2. The summed E-state index contributed by atoms with van der Waals surface area (Å²) in [6.07, 6.45) is 6.32. The van der Waals surface area contributed by atoms with Crippen molar-refractivity contribution in [1.29, 1.82) is 0 Å². The molecule has 0 saturated carbocycles. The van der Waals surface area contributed by atoms with E-state index in [1.54, 1.807) is 11.0 Å². The van der Waals surface area contributed by atoms with E-state index in [4.69, 9.17) is 0 Å². The molecular formula is C20H27N3O3. The van der Waals surface area contributed by atoms with Gasteiger partial charge in [-0.2, -0.15) is 0 Å². The number of aromatic amines is 1. The highest BCUT2D eigenvalue weighted by Gasteiger charge is 2.49. The minimum atomic E-state index is -0.438. The Morgan fingerprint density at radius 3 is 2.85 bits per heavy atom. The topological polar surface area (TPSA) is 73.5 Å². The summed E-state index contributed by atoms with van der Waals surface area (Å²) in [4.78, 5) is 44.9. The second kappa shape index (κ2) is 6.56. The van der Waals surface area contributed by atoms with Gasteiger partial charge in [-0.15, -0.1) is 0 Å².